The Hall–Kier alpha value is -3.59. The number of esters is 1. The highest BCUT2D eigenvalue weighted by Gasteiger charge is 2.34. The molecule has 1 unspecified atom stereocenters. The molecule has 9 nitrogen and oxygen atoms in total. The summed E-state index contributed by atoms with van der Waals surface area (Å²) >= 11 is 6.16. The van der Waals surface area contributed by atoms with E-state index in [1.54, 1.807) is 13.0 Å². The molecule has 0 aliphatic carbocycles. The summed E-state index contributed by atoms with van der Waals surface area (Å²) in [4.78, 5) is 51.3. The molecular weight excluding hydrogens is 534 g/mol. The van der Waals surface area contributed by atoms with Gasteiger partial charge in [0.1, 0.15) is 18.2 Å². The molecule has 2 aromatic carbocycles. The van der Waals surface area contributed by atoms with Gasteiger partial charge < -0.3 is 25.4 Å². The molecule has 0 saturated carbocycles. The first-order valence-electron chi connectivity index (χ1n) is 13.7. The SMILES string of the molecule is CCOC(=O)[C@H](C[C@@H]1CCNC1=O)NC(=O)[C@H](CC(C)C)NC(=O)OC(Cc1cccc(Cl)c1)c1ccccc1. The Morgan fingerprint density at radius 2 is 1.80 bits per heavy atom. The maximum atomic E-state index is 13.4. The van der Waals surface area contributed by atoms with Gasteiger partial charge in [-0.1, -0.05) is 67.9 Å². The number of halogens is 1. The number of nitrogens with one attached hydrogen (secondary N) is 3. The highest BCUT2D eigenvalue weighted by molar-refractivity contribution is 6.30. The maximum Gasteiger partial charge on any atom is 0.408 e. The first-order valence-corrected chi connectivity index (χ1v) is 14.0. The third-order valence-electron chi connectivity index (χ3n) is 6.62. The van der Waals surface area contributed by atoms with E-state index in [1.807, 2.05) is 62.4 Å². The van der Waals surface area contributed by atoms with Crippen LogP contribution in [0.1, 0.15) is 57.3 Å². The second-order valence-electron chi connectivity index (χ2n) is 10.3. The van der Waals surface area contributed by atoms with Crippen molar-refractivity contribution in [3.8, 4) is 0 Å². The second-order valence-corrected chi connectivity index (χ2v) is 10.7. The van der Waals surface area contributed by atoms with Gasteiger partial charge in [0.05, 0.1) is 6.61 Å². The lowest BCUT2D eigenvalue weighted by Crippen LogP contribution is -2.53. The number of hydrogen-bond donors (Lipinski definition) is 3. The Morgan fingerprint density at radius 3 is 2.42 bits per heavy atom. The molecule has 0 spiro atoms. The summed E-state index contributed by atoms with van der Waals surface area (Å²) in [6.07, 6.45) is -0.0172. The van der Waals surface area contributed by atoms with Gasteiger partial charge >= 0.3 is 12.1 Å². The van der Waals surface area contributed by atoms with Crippen molar-refractivity contribution in [2.24, 2.45) is 11.8 Å². The van der Waals surface area contributed by atoms with Crippen LogP contribution in [-0.4, -0.2) is 49.1 Å². The second kappa shape index (κ2) is 15.3. The number of amides is 3. The summed E-state index contributed by atoms with van der Waals surface area (Å²) in [7, 11) is 0. The molecule has 2 aromatic rings. The maximum absolute atomic E-state index is 13.4. The van der Waals surface area contributed by atoms with Crippen LogP contribution in [-0.2, 0) is 30.3 Å². The molecule has 1 fully saturated rings. The first-order chi connectivity index (χ1) is 19.2. The van der Waals surface area contributed by atoms with Crippen molar-refractivity contribution >= 4 is 35.5 Å². The summed E-state index contributed by atoms with van der Waals surface area (Å²) in [5.41, 5.74) is 1.68. The van der Waals surface area contributed by atoms with Gasteiger partial charge in [-0.25, -0.2) is 9.59 Å². The Bertz CT molecular complexity index is 1160. The summed E-state index contributed by atoms with van der Waals surface area (Å²) < 4.78 is 11.0. The van der Waals surface area contributed by atoms with Crippen molar-refractivity contribution < 1.29 is 28.7 Å². The average molecular weight is 572 g/mol. The summed E-state index contributed by atoms with van der Waals surface area (Å²) in [6, 6.07) is 14.6. The highest BCUT2D eigenvalue weighted by Crippen LogP contribution is 2.24. The van der Waals surface area contributed by atoms with Crippen molar-refractivity contribution in [1.82, 2.24) is 16.0 Å². The van der Waals surface area contributed by atoms with Gasteiger partial charge in [-0.05, 0) is 55.4 Å². The zero-order valence-corrected chi connectivity index (χ0v) is 23.9. The Labute approximate surface area is 240 Å². The van der Waals surface area contributed by atoms with E-state index >= 15 is 0 Å². The smallest absolute Gasteiger partial charge is 0.408 e. The van der Waals surface area contributed by atoms with E-state index in [1.165, 1.54) is 0 Å². The lowest BCUT2D eigenvalue weighted by atomic mass is 9.97. The van der Waals surface area contributed by atoms with E-state index in [-0.39, 0.29) is 24.9 Å². The average Bonchev–Trinajstić information content (AvgIpc) is 3.32. The van der Waals surface area contributed by atoms with Crippen LogP contribution in [0.4, 0.5) is 4.79 Å². The van der Waals surface area contributed by atoms with Crippen LogP contribution in [0, 0.1) is 11.8 Å². The standard InChI is InChI=1S/C30H38ClN3O6/c1-4-39-29(37)25(18-22-13-14-32-27(22)35)33-28(36)24(15-19(2)3)34-30(38)40-26(21-10-6-5-7-11-21)17-20-9-8-12-23(31)16-20/h5-12,16,19,22,24-26H,4,13-15,17-18H2,1-3H3,(H,32,35)(H,33,36)(H,34,38)/t22-,24-,25-,26?/m0/s1. The molecule has 3 amide bonds. The van der Waals surface area contributed by atoms with Crippen LogP contribution >= 0.6 is 11.6 Å². The summed E-state index contributed by atoms with van der Waals surface area (Å²) in [5.74, 6) is -1.68. The molecular formula is C30H38ClN3O6. The molecule has 216 valence electrons. The Balaban J connectivity index is 1.73. The molecule has 0 radical (unpaired) electrons. The first kappa shape index (κ1) is 30.9. The molecule has 3 N–H and O–H groups in total. The minimum atomic E-state index is -1.02. The predicted molar refractivity (Wildman–Crippen MR) is 151 cm³/mol. The molecule has 1 saturated heterocycles. The highest BCUT2D eigenvalue weighted by atomic mass is 35.5. The third kappa shape index (κ3) is 9.55. The number of rotatable bonds is 13. The molecule has 4 atom stereocenters. The molecule has 3 rings (SSSR count). The van der Waals surface area contributed by atoms with Gasteiger partial charge in [-0.3, -0.25) is 9.59 Å². The van der Waals surface area contributed by atoms with Crippen molar-refractivity contribution in [3.63, 3.8) is 0 Å². The molecule has 0 bridgehead atoms. The minimum Gasteiger partial charge on any atom is -0.464 e. The molecule has 0 aromatic heterocycles. The summed E-state index contributed by atoms with van der Waals surface area (Å²) in [5, 5.41) is 8.73. The van der Waals surface area contributed by atoms with E-state index in [9.17, 15) is 19.2 Å². The van der Waals surface area contributed by atoms with E-state index in [4.69, 9.17) is 21.1 Å². The predicted octanol–water partition coefficient (Wildman–Crippen LogP) is 4.34. The number of benzene rings is 2. The van der Waals surface area contributed by atoms with Gasteiger partial charge in [0.25, 0.3) is 0 Å². The van der Waals surface area contributed by atoms with Crippen molar-refractivity contribution in [3.05, 3.63) is 70.7 Å². The van der Waals surface area contributed by atoms with E-state index in [2.05, 4.69) is 16.0 Å². The number of ether oxygens (including phenoxy) is 2. The third-order valence-corrected chi connectivity index (χ3v) is 6.85. The van der Waals surface area contributed by atoms with Crippen molar-refractivity contribution in [1.29, 1.82) is 0 Å². The van der Waals surface area contributed by atoms with Gasteiger partial charge in [-0.15, -0.1) is 0 Å². The van der Waals surface area contributed by atoms with E-state index in [0.29, 0.717) is 30.8 Å². The quantitative estimate of drug-likeness (QED) is 0.307. The van der Waals surface area contributed by atoms with Crippen molar-refractivity contribution in [2.75, 3.05) is 13.2 Å². The minimum absolute atomic E-state index is 0.0501. The summed E-state index contributed by atoms with van der Waals surface area (Å²) in [6.45, 7) is 6.17. The molecule has 1 aliphatic heterocycles. The van der Waals surface area contributed by atoms with Crippen LogP contribution in [0.5, 0.6) is 0 Å². The monoisotopic (exact) mass is 571 g/mol. The number of carbonyl (C=O) groups excluding carboxylic acids is 4. The van der Waals surface area contributed by atoms with E-state index in [0.717, 1.165) is 11.1 Å². The van der Waals surface area contributed by atoms with Gasteiger partial charge in [-0.2, -0.15) is 0 Å². The van der Waals surface area contributed by atoms with Crippen molar-refractivity contribution in [2.45, 2.75) is 64.6 Å². The largest absolute Gasteiger partial charge is 0.464 e. The fourth-order valence-electron chi connectivity index (χ4n) is 4.67. The zero-order valence-electron chi connectivity index (χ0n) is 23.2. The van der Waals surface area contributed by atoms with Crippen LogP contribution < -0.4 is 16.0 Å². The molecule has 1 aliphatic rings. The number of hydrogen-bond acceptors (Lipinski definition) is 6. The number of carbonyl (C=O) groups is 4. The molecule has 10 heteroatoms. The Morgan fingerprint density at radius 1 is 1.05 bits per heavy atom. The van der Waals surface area contributed by atoms with Crippen LogP contribution in [0.15, 0.2) is 54.6 Å². The Kier molecular flexibility index (Phi) is 11.8. The topological polar surface area (TPSA) is 123 Å². The van der Waals surface area contributed by atoms with Gasteiger partial charge in [0.2, 0.25) is 11.8 Å². The number of alkyl carbamates (subject to hydrolysis) is 1. The zero-order chi connectivity index (χ0) is 29.1. The van der Waals surface area contributed by atoms with Gasteiger partial charge in [0.15, 0.2) is 0 Å². The van der Waals surface area contributed by atoms with Crippen LogP contribution in [0.25, 0.3) is 0 Å². The normalized spacial score (nSPS) is 16.9. The van der Waals surface area contributed by atoms with E-state index < -0.39 is 42.1 Å². The van der Waals surface area contributed by atoms with Gasteiger partial charge in [0, 0.05) is 23.9 Å². The molecule has 1 heterocycles. The lowest BCUT2D eigenvalue weighted by molar-refractivity contribution is -0.148. The lowest BCUT2D eigenvalue weighted by Gasteiger charge is -2.25. The van der Waals surface area contributed by atoms with Crippen LogP contribution in [0.2, 0.25) is 5.02 Å². The molecule has 40 heavy (non-hydrogen) atoms. The fourth-order valence-corrected chi connectivity index (χ4v) is 4.88. The van der Waals surface area contributed by atoms with Crippen LogP contribution in [0.3, 0.4) is 0 Å². The fraction of sp³-hybridized carbons (Fsp3) is 0.467.